The van der Waals surface area contributed by atoms with Gasteiger partial charge in [0, 0.05) is 13.0 Å². The number of aryl methyl sites for hydroxylation is 1. The first-order valence-corrected chi connectivity index (χ1v) is 3.93. The molecule has 4 nitrogen and oxygen atoms in total. The van der Waals surface area contributed by atoms with Crippen LogP contribution < -0.4 is 5.32 Å². The van der Waals surface area contributed by atoms with Crippen molar-refractivity contribution < 1.29 is 8.91 Å². The first kappa shape index (κ1) is 7.67. The topological polar surface area (TPSA) is 51.0 Å². The van der Waals surface area contributed by atoms with E-state index in [9.17, 15) is 4.39 Å². The number of alkyl halides is 1. The van der Waals surface area contributed by atoms with E-state index in [0.29, 0.717) is 24.7 Å². The SMILES string of the molecule is Cc1noc(C2CC(F)CN2)n1. The molecule has 1 aliphatic rings. The number of halogens is 1. The molecule has 66 valence electrons. The summed E-state index contributed by atoms with van der Waals surface area (Å²) in [5.74, 6) is 1.08. The number of nitrogens with zero attached hydrogens (tertiary/aromatic N) is 2. The largest absolute Gasteiger partial charge is 0.338 e. The minimum atomic E-state index is -0.790. The van der Waals surface area contributed by atoms with E-state index in [4.69, 9.17) is 4.52 Å². The summed E-state index contributed by atoms with van der Waals surface area (Å²) in [6.07, 6.45) is -0.357. The van der Waals surface area contributed by atoms with Crippen molar-refractivity contribution in [1.29, 1.82) is 0 Å². The van der Waals surface area contributed by atoms with Crippen molar-refractivity contribution in [3.63, 3.8) is 0 Å². The zero-order chi connectivity index (χ0) is 8.55. The number of hydrogen-bond donors (Lipinski definition) is 1. The van der Waals surface area contributed by atoms with Gasteiger partial charge in [-0.25, -0.2) is 4.39 Å². The van der Waals surface area contributed by atoms with Gasteiger partial charge in [0.05, 0.1) is 6.04 Å². The third-order valence-corrected chi connectivity index (χ3v) is 1.92. The maximum absolute atomic E-state index is 12.7. The Morgan fingerprint density at radius 1 is 1.67 bits per heavy atom. The summed E-state index contributed by atoms with van der Waals surface area (Å²) in [7, 11) is 0. The van der Waals surface area contributed by atoms with E-state index >= 15 is 0 Å². The molecule has 2 unspecified atom stereocenters. The molecule has 1 fully saturated rings. The highest BCUT2D eigenvalue weighted by molar-refractivity contribution is 4.96. The van der Waals surface area contributed by atoms with Gasteiger partial charge in [-0.1, -0.05) is 5.16 Å². The maximum Gasteiger partial charge on any atom is 0.243 e. The van der Waals surface area contributed by atoms with E-state index in [-0.39, 0.29) is 6.04 Å². The highest BCUT2D eigenvalue weighted by Gasteiger charge is 2.28. The molecular weight excluding hydrogens is 161 g/mol. The molecule has 1 aromatic rings. The van der Waals surface area contributed by atoms with Gasteiger partial charge in [0.2, 0.25) is 5.89 Å². The van der Waals surface area contributed by atoms with Crippen molar-refractivity contribution >= 4 is 0 Å². The fourth-order valence-corrected chi connectivity index (χ4v) is 1.34. The molecule has 1 saturated heterocycles. The summed E-state index contributed by atoms with van der Waals surface area (Å²) in [6.45, 7) is 2.13. The van der Waals surface area contributed by atoms with Crippen LogP contribution in [0.4, 0.5) is 4.39 Å². The van der Waals surface area contributed by atoms with Crippen LogP contribution in [0.3, 0.4) is 0 Å². The third kappa shape index (κ3) is 1.32. The third-order valence-electron chi connectivity index (χ3n) is 1.92. The van der Waals surface area contributed by atoms with Crippen LogP contribution in [0, 0.1) is 6.92 Å². The fraction of sp³-hybridized carbons (Fsp3) is 0.714. The molecule has 0 aromatic carbocycles. The second kappa shape index (κ2) is 2.82. The van der Waals surface area contributed by atoms with Crippen LogP contribution in [0.15, 0.2) is 4.52 Å². The zero-order valence-electron chi connectivity index (χ0n) is 6.75. The number of nitrogens with one attached hydrogen (secondary N) is 1. The molecular formula is C7H10FN3O. The summed E-state index contributed by atoms with van der Waals surface area (Å²) in [5.41, 5.74) is 0. The highest BCUT2D eigenvalue weighted by atomic mass is 19.1. The molecule has 2 heterocycles. The second-order valence-electron chi connectivity index (χ2n) is 2.97. The van der Waals surface area contributed by atoms with E-state index in [1.807, 2.05) is 0 Å². The van der Waals surface area contributed by atoms with Gasteiger partial charge in [0.25, 0.3) is 0 Å². The lowest BCUT2D eigenvalue weighted by Crippen LogP contribution is -2.14. The minimum Gasteiger partial charge on any atom is -0.338 e. The Balaban J connectivity index is 2.11. The van der Waals surface area contributed by atoms with Gasteiger partial charge in [-0.2, -0.15) is 4.98 Å². The van der Waals surface area contributed by atoms with Crippen molar-refractivity contribution in [2.24, 2.45) is 0 Å². The Hall–Kier alpha value is -0.970. The van der Waals surface area contributed by atoms with Crippen LogP contribution in [0.25, 0.3) is 0 Å². The standard InChI is InChI=1S/C7H10FN3O/c1-4-10-7(12-11-4)6-2-5(8)3-9-6/h5-6,9H,2-3H2,1H3. The van der Waals surface area contributed by atoms with Crippen LogP contribution in [0.2, 0.25) is 0 Å². The molecule has 12 heavy (non-hydrogen) atoms. The van der Waals surface area contributed by atoms with Gasteiger partial charge in [-0.15, -0.1) is 0 Å². The van der Waals surface area contributed by atoms with E-state index < -0.39 is 6.17 Å². The molecule has 2 rings (SSSR count). The van der Waals surface area contributed by atoms with Gasteiger partial charge >= 0.3 is 0 Å². The summed E-state index contributed by atoms with van der Waals surface area (Å²) in [6, 6.07) is -0.0961. The summed E-state index contributed by atoms with van der Waals surface area (Å²) in [5, 5.41) is 6.60. The van der Waals surface area contributed by atoms with E-state index in [0.717, 1.165) is 0 Å². The predicted molar refractivity (Wildman–Crippen MR) is 39.3 cm³/mol. The van der Waals surface area contributed by atoms with Crippen molar-refractivity contribution in [1.82, 2.24) is 15.5 Å². The summed E-state index contributed by atoms with van der Waals surface area (Å²) < 4.78 is 17.6. The normalized spacial score (nSPS) is 29.5. The second-order valence-corrected chi connectivity index (χ2v) is 2.97. The summed E-state index contributed by atoms with van der Waals surface area (Å²) in [4.78, 5) is 4.02. The summed E-state index contributed by atoms with van der Waals surface area (Å²) >= 11 is 0. The van der Waals surface area contributed by atoms with Crippen LogP contribution >= 0.6 is 0 Å². The molecule has 0 spiro atoms. The lowest BCUT2D eigenvalue weighted by Gasteiger charge is -2.00. The van der Waals surface area contributed by atoms with Gasteiger partial charge in [0.15, 0.2) is 5.82 Å². The van der Waals surface area contributed by atoms with Gasteiger partial charge in [-0.3, -0.25) is 0 Å². The number of aromatic nitrogens is 2. The van der Waals surface area contributed by atoms with Crippen molar-refractivity contribution in [3.8, 4) is 0 Å². The molecule has 0 radical (unpaired) electrons. The fourth-order valence-electron chi connectivity index (χ4n) is 1.34. The van der Waals surface area contributed by atoms with Crippen LogP contribution in [-0.2, 0) is 0 Å². The van der Waals surface area contributed by atoms with Gasteiger partial charge < -0.3 is 9.84 Å². The van der Waals surface area contributed by atoms with Gasteiger partial charge in [0.1, 0.15) is 6.17 Å². The number of hydrogen-bond acceptors (Lipinski definition) is 4. The zero-order valence-corrected chi connectivity index (χ0v) is 6.75. The van der Waals surface area contributed by atoms with Crippen LogP contribution in [0.5, 0.6) is 0 Å². The Bertz CT molecular complexity index is 275. The Labute approximate surface area is 69.2 Å². The molecule has 0 amide bonds. The lowest BCUT2D eigenvalue weighted by molar-refractivity contribution is 0.323. The number of rotatable bonds is 1. The molecule has 0 bridgehead atoms. The Kier molecular flexibility index (Phi) is 1.80. The first-order chi connectivity index (χ1) is 5.75. The molecule has 0 aliphatic carbocycles. The van der Waals surface area contributed by atoms with Gasteiger partial charge in [-0.05, 0) is 6.92 Å². The molecule has 2 atom stereocenters. The Morgan fingerprint density at radius 3 is 3.00 bits per heavy atom. The smallest absolute Gasteiger partial charge is 0.243 e. The van der Waals surface area contributed by atoms with E-state index in [1.54, 1.807) is 6.92 Å². The minimum absolute atomic E-state index is 0.0961. The predicted octanol–water partition coefficient (Wildman–Crippen LogP) is 0.751. The highest BCUT2D eigenvalue weighted by Crippen LogP contribution is 2.23. The van der Waals surface area contributed by atoms with Crippen molar-refractivity contribution in [3.05, 3.63) is 11.7 Å². The maximum atomic E-state index is 12.7. The van der Waals surface area contributed by atoms with Crippen LogP contribution in [0.1, 0.15) is 24.2 Å². The molecule has 0 saturated carbocycles. The quantitative estimate of drug-likeness (QED) is 0.677. The average Bonchev–Trinajstić information content (AvgIpc) is 2.58. The monoisotopic (exact) mass is 171 g/mol. The van der Waals surface area contributed by atoms with Crippen molar-refractivity contribution in [2.75, 3.05) is 6.54 Å². The van der Waals surface area contributed by atoms with E-state index in [2.05, 4.69) is 15.5 Å². The average molecular weight is 171 g/mol. The molecule has 1 N–H and O–H groups in total. The van der Waals surface area contributed by atoms with Crippen LogP contribution in [-0.4, -0.2) is 22.9 Å². The van der Waals surface area contributed by atoms with Crippen molar-refractivity contribution in [2.45, 2.75) is 25.6 Å². The molecule has 1 aromatic heterocycles. The molecule has 1 aliphatic heterocycles. The van der Waals surface area contributed by atoms with E-state index in [1.165, 1.54) is 0 Å². The lowest BCUT2D eigenvalue weighted by atomic mass is 10.2. The Morgan fingerprint density at radius 2 is 2.50 bits per heavy atom. The molecule has 5 heteroatoms. The first-order valence-electron chi connectivity index (χ1n) is 3.93.